The van der Waals surface area contributed by atoms with Crippen LogP contribution in [-0.4, -0.2) is 31.7 Å². The number of nitrogens with one attached hydrogen (secondary N) is 1. The summed E-state index contributed by atoms with van der Waals surface area (Å²) in [6.07, 6.45) is 0. The van der Waals surface area contributed by atoms with Crippen molar-refractivity contribution in [2.24, 2.45) is 5.92 Å². The van der Waals surface area contributed by atoms with Crippen molar-refractivity contribution in [3.05, 3.63) is 58.9 Å². The number of rotatable bonds is 6. The second kappa shape index (κ2) is 8.94. The molecule has 29 heavy (non-hydrogen) atoms. The first kappa shape index (κ1) is 20.6. The lowest BCUT2D eigenvalue weighted by Crippen LogP contribution is -2.35. The van der Waals surface area contributed by atoms with E-state index in [2.05, 4.69) is 5.32 Å². The van der Waals surface area contributed by atoms with Crippen molar-refractivity contribution in [2.45, 2.75) is 26.8 Å². The Morgan fingerprint density at radius 3 is 2.52 bits per heavy atom. The van der Waals surface area contributed by atoms with E-state index in [0.717, 1.165) is 11.6 Å². The zero-order valence-corrected chi connectivity index (χ0v) is 16.7. The number of aryl methyl sites for hydroxylation is 1. The lowest BCUT2D eigenvalue weighted by atomic mass is 9.95. The first-order valence-electron chi connectivity index (χ1n) is 9.47. The molecule has 1 aliphatic rings. The van der Waals surface area contributed by atoms with Gasteiger partial charge in [0, 0.05) is 0 Å². The van der Waals surface area contributed by atoms with E-state index in [0.29, 0.717) is 30.3 Å². The molecule has 1 amide bonds. The molecule has 1 aliphatic heterocycles. The summed E-state index contributed by atoms with van der Waals surface area (Å²) in [5.74, 6) is -0.292. The first-order valence-corrected chi connectivity index (χ1v) is 9.47. The minimum atomic E-state index is -0.750. The number of hydrogen-bond acceptors (Lipinski definition) is 5. The number of hydrogen-bond donors (Lipinski definition) is 1. The van der Waals surface area contributed by atoms with Crippen molar-refractivity contribution in [3.63, 3.8) is 0 Å². The van der Waals surface area contributed by atoms with Crippen LogP contribution in [0.3, 0.4) is 0 Å². The van der Waals surface area contributed by atoms with Crippen molar-refractivity contribution in [1.29, 1.82) is 0 Å². The maximum atomic E-state index is 13.6. The summed E-state index contributed by atoms with van der Waals surface area (Å²) in [6.45, 7) is 6.08. The van der Waals surface area contributed by atoms with Gasteiger partial charge in [0.1, 0.15) is 19.0 Å². The van der Waals surface area contributed by atoms with Gasteiger partial charge in [-0.3, -0.25) is 4.79 Å². The molecule has 0 fully saturated rings. The van der Waals surface area contributed by atoms with Crippen molar-refractivity contribution in [1.82, 2.24) is 5.32 Å². The van der Waals surface area contributed by atoms with Crippen LogP contribution in [0.15, 0.2) is 36.4 Å². The quantitative estimate of drug-likeness (QED) is 0.749. The van der Waals surface area contributed by atoms with E-state index in [-0.39, 0.29) is 17.5 Å². The molecule has 3 rings (SSSR count). The summed E-state index contributed by atoms with van der Waals surface area (Å²) in [4.78, 5) is 24.4. The van der Waals surface area contributed by atoms with E-state index in [9.17, 15) is 14.0 Å². The average Bonchev–Trinajstić information content (AvgIpc) is 2.71. The number of halogens is 1. The molecule has 1 atom stereocenters. The highest BCUT2D eigenvalue weighted by Gasteiger charge is 2.22. The largest absolute Gasteiger partial charge is 0.486 e. The van der Waals surface area contributed by atoms with Gasteiger partial charge >= 0.3 is 5.97 Å². The number of fused-ring (bicyclic) bond motifs is 1. The van der Waals surface area contributed by atoms with Gasteiger partial charge in [-0.2, -0.15) is 0 Å². The summed E-state index contributed by atoms with van der Waals surface area (Å²) in [5, 5.41) is 2.88. The third-order valence-electron chi connectivity index (χ3n) is 4.65. The Morgan fingerprint density at radius 2 is 1.83 bits per heavy atom. The predicted octanol–water partition coefficient (Wildman–Crippen LogP) is 3.58. The Labute approximate surface area is 169 Å². The molecule has 0 saturated heterocycles. The minimum absolute atomic E-state index is 0.0631. The van der Waals surface area contributed by atoms with Gasteiger partial charge in [-0.25, -0.2) is 9.18 Å². The summed E-state index contributed by atoms with van der Waals surface area (Å²) in [7, 11) is 0. The molecular formula is C22H24FNO5. The fourth-order valence-electron chi connectivity index (χ4n) is 3.04. The van der Waals surface area contributed by atoms with Crippen LogP contribution in [0.4, 0.5) is 4.39 Å². The van der Waals surface area contributed by atoms with Crippen LogP contribution >= 0.6 is 0 Å². The zero-order valence-electron chi connectivity index (χ0n) is 16.7. The molecule has 0 radical (unpaired) electrons. The smallest absolute Gasteiger partial charge is 0.338 e. The van der Waals surface area contributed by atoms with Gasteiger partial charge in [0.05, 0.1) is 11.6 Å². The van der Waals surface area contributed by atoms with Gasteiger partial charge in [-0.05, 0) is 48.2 Å². The molecule has 0 unspecified atom stereocenters. The van der Waals surface area contributed by atoms with Crippen molar-refractivity contribution in [3.8, 4) is 11.5 Å². The van der Waals surface area contributed by atoms with Crippen LogP contribution in [0.1, 0.15) is 41.4 Å². The molecule has 1 heterocycles. The molecule has 2 aromatic carbocycles. The number of amides is 1. The Hall–Kier alpha value is -3.09. The molecule has 0 saturated carbocycles. The van der Waals surface area contributed by atoms with Gasteiger partial charge in [0.2, 0.25) is 0 Å². The number of ether oxygens (including phenoxy) is 3. The van der Waals surface area contributed by atoms with Gasteiger partial charge < -0.3 is 19.5 Å². The molecular weight excluding hydrogens is 377 g/mol. The van der Waals surface area contributed by atoms with E-state index >= 15 is 0 Å². The normalized spacial score (nSPS) is 13.7. The van der Waals surface area contributed by atoms with Crippen LogP contribution in [0, 0.1) is 18.7 Å². The molecule has 154 valence electrons. The standard InChI is InChI=1S/C22H24FNO5/c1-13(2)21(15-6-7-18-19(11-15)28-9-8-27-18)24-20(25)12-29-22(26)16-5-4-14(3)17(23)10-16/h4-7,10-11,13,21H,8-9,12H2,1-3H3,(H,24,25)/t21-/m0/s1. The van der Waals surface area contributed by atoms with E-state index < -0.39 is 24.3 Å². The maximum Gasteiger partial charge on any atom is 0.338 e. The van der Waals surface area contributed by atoms with Crippen LogP contribution < -0.4 is 14.8 Å². The number of carbonyl (C=O) groups excluding carboxylic acids is 2. The fourth-order valence-corrected chi connectivity index (χ4v) is 3.04. The monoisotopic (exact) mass is 401 g/mol. The maximum absolute atomic E-state index is 13.6. The van der Waals surface area contributed by atoms with Crippen LogP contribution in [0.2, 0.25) is 0 Å². The Bertz CT molecular complexity index is 912. The van der Waals surface area contributed by atoms with Crippen LogP contribution in [-0.2, 0) is 9.53 Å². The molecule has 0 bridgehead atoms. The molecule has 0 spiro atoms. The molecule has 0 aromatic heterocycles. The summed E-state index contributed by atoms with van der Waals surface area (Å²) >= 11 is 0. The van der Waals surface area contributed by atoms with Crippen LogP contribution in [0.25, 0.3) is 0 Å². The second-order valence-corrected chi connectivity index (χ2v) is 7.23. The molecule has 1 N–H and O–H groups in total. The van der Waals surface area contributed by atoms with E-state index in [4.69, 9.17) is 14.2 Å². The Balaban J connectivity index is 1.62. The highest BCUT2D eigenvalue weighted by molar-refractivity contribution is 5.91. The number of carbonyl (C=O) groups is 2. The van der Waals surface area contributed by atoms with E-state index in [1.54, 1.807) is 6.92 Å². The summed E-state index contributed by atoms with van der Waals surface area (Å²) in [5.41, 5.74) is 1.36. The fraction of sp³-hybridized carbons (Fsp3) is 0.364. The molecule has 7 heteroatoms. The molecule has 2 aromatic rings. The lowest BCUT2D eigenvalue weighted by molar-refractivity contribution is -0.125. The topological polar surface area (TPSA) is 73.9 Å². The Kier molecular flexibility index (Phi) is 6.36. The third kappa shape index (κ3) is 5.04. The number of esters is 1. The van der Waals surface area contributed by atoms with Crippen molar-refractivity contribution < 1.29 is 28.2 Å². The highest BCUT2D eigenvalue weighted by Crippen LogP contribution is 2.34. The van der Waals surface area contributed by atoms with Gasteiger partial charge in [-0.1, -0.05) is 26.0 Å². The Morgan fingerprint density at radius 1 is 1.10 bits per heavy atom. The van der Waals surface area contributed by atoms with E-state index in [1.807, 2.05) is 32.0 Å². The van der Waals surface area contributed by atoms with E-state index in [1.165, 1.54) is 12.1 Å². The van der Waals surface area contributed by atoms with Gasteiger partial charge in [-0.15, -0.1) is 0 Å². The summed E-state index contributed by atoms with van der Waals surface area (Å²) < 4.78 is 29.8. The lowest BCUT2D eigenvalue weighted by Gasteiger charge is -2.25. The minimum Gasteiger partial charge on any atom is -0.486 e. The van der Waals surface area contributed by atoms with Crippen molar-refractivity contribution in [2.75, 3.05) is 19.8 Å². The highest BCUT2D eigenvalue weighted by atomic mass is 19.1. The first-order chi connectivity index (χ1) is 13.8. The van der Waals surface area contributed by atoms with Crippen LogP contribution in [0.5, 0.6) is 11.5 Å². The molecule has 0 aliphatic carbocycles. The average molecular weight is 401 g/mol. The van der Waals surface area contributed by atoms with Gasteiger partial charge in [0.15, 0.2) is 18.1 Å². The zero-order chi connectivity index (χ0) is 21.0. The molecule has 6 nitrogen and oxygen atoms in total. The predicted molar refractivity (Wildman–Crippen MR) is 105 cm³/mol. The number of benzene rings is 2. The summed E-state index contributed by atoms with van der Waals surface area (Å²) in [6, 6.07) is 9.29. The van der Waals surface area contributed by atoms with Crippen molar-refractivity contribution >= 4 is 11.9 Å². The third-order valence-corrected chi connectivity index (χ3v) is 4.65. The second-order valence-electron chi connectivity index (χ2n) is 7.23. The SMILES string of the molecule is Cc1ccc(C(=O)OCC(=O)N[C@H](c2ccc3c(c2)OCCO3)C(C)C)cc1F. The van der Waals surface area contributed by atoms with Gasteiger partial charge in [0.25, 0.3) is 5.91 Å².